The van der Waals surface area contributed by atoms with E-state index in [2.05, 4.69) is 28.9 Å². The van der Waals surface area contributed by atoms with Crippen LogP contribution in [0.1, 0.15) is 25.6 Å². The molecule has 0 bridgehead atoms. The summed E-state index contributed by atoms with van der Waals surface area (Å²) in [4.78, 5) is 6.54. The van der Waals surface area contributed by atoms with Crippen LogP contribution in [-0.2, 0) is 23.0 Å². The second-order valence-corrected chi connectivity index (χ2v) is 9.71. The highest BCUT2D eigenvalue weighted by molar-refractivity contribution is 7.89. The summed E-state index contributed by atoms with van der Waals surface area (Å²) in [7, 11) is -3.68. The molecule has 2 aromatic rings. The van der Waals surface area contributed by atoms with E-state index in [0.717, 1.165) is 6.42 Å². The summed E-state index contributed by atoms with van der Waals surface area (Å²) in [5.41, 5.74) is 0. The van der Waals surface area contributed by atoms with Gasteiger partial charge in [-0.3, -0.25) is 4.90 Å². The number of halogens is 2. The van der Waals surface area contributed by atoms with Gasteiger partial charge in [0.1, 0.15) is 4.90 Å². The van der Waals surface area contributed by atoms with Crippen LogP contribution in [0.4, 0.5) is 0 Å². The first-order valence-electron chi connectivity index (χ1n) is 8.74. The Morgan fingerprint density at radius 1 is 1.19 bits per heavy atom. The third-order valence-electron chi connectivity index (χ3n) is 4.30. The minimum absolute atomic E-state index is 0.0420. The summed E-state index contributed by atoms with van der Waals surface area (Å²) >= 11 is 12.0. The quantitative estimate of drug-likeness (QED) is 0.697. The van der Waals surface area contributed by atoms with Gasteiger partial charge in [-0.25, -0.2) is 8.42 Å². The summed E-state index contributed by atoms with van der Waals surface area (Å²) in [6.07, 6.45) is 0.774. The molecule has 1 aliphatic heterocycles. The maximum atomic E-state index is 12.9. The monoisotopic (exact) mass is 432 g/mol. The smallest absolute Gasteiger partial charge is 0.244 e. The van der Waals surface area contributed by atoms with Crippen LogP contribution in [-0.4, -0.2) is 53.9 Å². The first kappa shape index (κ1) is 20.5. The largest absolute Gasteiger partial charge is 0.338 e. The number of nitrogens with zero attached hydrogens (tertiary/aromatic N) is 4. The zero-order chi connectivity index (χ0) is 19.6. The lowest BCUT2D eigenvalue weighted by molar-refractivity contribution is 0.163. The van der Waals surface area contributed by atoms with Gasteiger partial charge in [0.15, 0.2) is 5.82 Å². The molecule has 1 aromatic heterocycles. The Labute approximate surface area is 169 Å². The van der Waals surface area contributed by atoms with Gasteiger partial charge in [0.25, 0.3) is 0 Å². The maximum Gasteiger partial charge on any atom is 0.244 e. The van der Waals surface area contributed by atoms with Gasteiger partial charge < -0.3 is 4.52 Å². The molecule has 0 atom stereocenters. The highest BCUT2D eigenvalue weighted by Crippen LogP contribution is 2.28. The lowest BCUT2D eigenvalue weighted by Crippen LogP contribution is -2.48. The average molecular weight is 433 g/mol. The second-order valence-electron chi connectivity index (χ2n) is 6.96. The molecular weight excluding hydrogens is 411 g/mol. The molecule has 0 radical (unpaired) electrons. The van der Waals surface area contributed by atoms with Gasteiger partial charge in [-0.1, -0.05) is 42.2 Å². The Bertz CT molecular complexity index is 893. The molecule has 0 amide bonds. The topological polar surface area (TPSA) is 79.5 Å². The summed E-state index contributed by atoms with van der Waals surface area (Å²) < 4.78 is 32.4. The van der Waals surface area contributed by atoms with Crippen molar-refractivity contribution in [3.05, 3.63) is 40.0 Å². The zero-order valence-electron chi connectivity index (χ0n) is 15.2. The number of benzene rings is 1. The van der Waals surface area contributed by atoms with E-state index in [4.69, 9.17) is 27.7 Å². The van der Waals surface area contributed by atoms with Gasteiger partial charge in [-0.15, -0.1) is 0 Å². The predicted octanol–water partition coefficient (Wildman–Crippen LogP) is 3.08. The fourth-order valence-corrected chi connectivity index (χ4v) is 5.10. The average Bonchev–Trinajstić information content (AvgIpc) is 3.03. The van der Waals surface area contributed by atoms with Gasteiger partial charge in [0.05, 0.1) is 11.6 Å². The van der Waals surface area contributed by atoms with E-state index in [9.17, 15) is 8.42 Å². The molecule has 1 aliphatic rings. The number of hydrogen-bond donors (Lipinski definition) is 0. The Hall–Kier alpha value is -1.19. The standard InChI is InChI=1S/C17H22Cl2N4O3S/c1-12(2)9-16-20-17(26-21-16)11-22-5-7-23(8-6-22)27(24,25)15-10-13(18)3-4-14(15)19/h3-4,10,12H,5-9,11H2,1-2H3. The molecule has 0 unspecified atom stereocenters. The number of aromatic nitrogens is 2. The minimum Gasteiger partial charge on any atom is -0.338 e. The normalized spacial score (nSPS) is 16.9. The van der Waals surface area contributed by atoms with Gasteiger partial charge >= 0.3 is 0 Å². The summed E-state index contributed by atoms with van der Waals surface area (Å²) in [5.74, 6) is 1.72. The highest BCUT2D eigenvalue weighted by atomic mass is 35.5. The lowest BCUT2D eigenvalue weighted by Gasteiger charge is -2.33. The van der Waals surface area contributed by atoms with Gasteiger partial charge in [0, 0.05) is 37.6 Å². The fourth-order valence-electron chi connectivity index (χ4n) is 2.94. The van der Waals surface area contributed by atoms with Crippen molar-refractivity contribution in [2.75, 3.05) is 26.2 Å². The van der Waals surface area contributed by atoms with Gasteiger partial charge in [-0.05, 0) is 24.1 Å². The molecule has 0 aliphatic carbocycles. The summed E-state index contributed by atoms with van der Waals surface area (Å²) in [5, 5.41) is 4.50. The van der Waals surface area contributed by atoms with E-state index in [1.54, 1.807) is 6.07 Å². The molecule has 2 heterocycles. The van der Waals surface area contributed by atoms with E-state index in [1.165, 1.54) is 16.4 Å². The first-order chi connectivity index (χ1) is 12.8. The number of hydrogen-bond acceptors (Lipinski definition) is 6. The molecule has 1 fully saturated rings. The van der Waals surface area contributed by atoms with Crippen molar-refractivity contribution in [2.24, 2.45) is 5.92 Å². The SMILES string of the molecule is CC(C)Cc1noc(CN2CCN(S(=O)(=O)c3cc(Cl)ccc3Cl)CC2)n1. The molecule has 27 heavy (non-hydrogen) atoms. The number of piperazine rings is 1. The Morgan fingerprint density at radius 3 is 2.56 bits per heavy atom. The van der Waals surface area contributed by atoms with E-state index in [-0.39, 0.29) is 9.92 Å². The van der Waals surface area contributed by atoms with E-state index >= 15 is 0 Å². The minimum atomic E-state index is -3.68. The summed E-state index contributed by atoms with van der Waals surface area (Å²) in [6.45, 7) is 6.57. The molecule has 1 saturated heterocycles. The van der Waals surface area contributed by atoms with Crippen molar-refractivity contribution in [1.82, 2.24) is 19.3 Å². The van der Waals surface area contributed by atoms with Gasteiger partial charge in [0.2, 0.25) is 15.9 Å². The van der Waals surface area contributed by atoms with Crippen LogP contribution in [0.15, 0.2) is 27.6 Å². The molecule has 7 nitrogen and oxygen atoms in total. The van der Waals surface area contributed by atoms with Crippen LogP contribution in [0, 0.1) is 5.92 Å². The second kappa shape index (κ2) is 8.45. The van der Waals surface area contributed by atoms with Crippen LogP contribution < -0.4 is 0 Å². The van der Waals surface area contributed by atoms with Crippen molar-refractivity contribution in [2.45, 2.75) is 31.7 Å². The number of sulfonamides is 1. The van der Waals surface area contributed by atoms with Crippen molar-refractivity contribution in [3.8, 4) is 0 Å². The van der Waals surface area contributed by atoms with Crippen molar-refractivity contribution >= 4 is 33.2 Å². The van der Waals surface area contributed by atoms with Crippen LogP contribution in [0.3, 0.4) is 0 Å². The predicted molar refractivity (Wildman–Crippen MR) is 103 cm³/mol. The van der Waals surface area contributed by atoms with E-state index in [1.807, 2.05) is 0 Å². The molecular formula is C17H22Cl2N4O3S. The van der Waals surface area contributed by atoms with Crippen LogP contribution in [0.2, 0.25) is 10.0 Å². The molecule has 0 N–H and O–H groups in total. The van der Waals surface area contributed by atoms with Crippen molar-refractivity contribution in [1.29, 1.82) is 0 Å². The molecule has 3 rings (SSSR count). The van der Waals surface area contributed by atoms with E-state index < -0.39 is 10.0 Å². The van der Waals surface area contributed by atoms with E-state index in [0.29, 0.717) is 55.4 Å². The molecule has 10 heteroatoms. The van der Waals surface area contributed by atoms with Gasteiger partial charge in [-0.2, -0.15) is 9.29 Å². The Balaban J connectivity index is 1.61. The zero-order valence-corrected chi connectivity index (χ0v) is 17.6. The van der Waals surface area contributed by atoms with Crippen LogP contribution in [0.5, 0.6) is 0 Å². The first-order valence-corrected chi connectivity index (χ1v) is 10.9. The number of rotatable bonds is 6. The Morgan fingerprint density at radius 2 is 1.89 bits per heavy atom. The molecule has 0 spiro atoms. The maximum absolute atomic E-state index is 12.9. The molecule has 0 saturated carbocycles. The molecule has 148 valence electrons. The van der Waals surface area contributed by atoms with Crippen LogP contribution >= 0.6 is 23.2 Å². The third-order valence-corrected chi connectivity index (χ3v) is 6.92. The fraction of sp³-hybridized carbons (Fsp3) is 0.529. The summed E-state index contributed by atoms with van der Waals surface area (Å²) in [6, 6.07) is 4.45. The van der Waals surface area contributed by atoms with Crippen LogP contribution in [0.25, 0.3) is 0 Å². The Kier molecular flexibility index (Phi) is 6.43. The lowest BCUT2D eigenvalue weighted by atomic mass is 10.1. The van der Waals surface area contributed by atoms with Crippen molar-refractivity contribution in [3.63, 3.8) is 0 Å². The van der Waals surface area contributed by atoms with Crippen molar-refractivity contribution < 1.29 is 12.9 Å². The third kappa shape index (κ3) is 5.00. The highest BCUT2D eigenvalue weighted by Gasteiger charge is 2.30. The molecule has 1 aromatic carbocycles.